The first-order valence-electron chi connectivity index (χ1n) is 6.07. The lowest BCUT2D eigenvalue weighted by molar-refractivity contribution is 0.0689. The van der Waals surface area contributed by atoms with Gasteiger partial charge < -0.3 is 5.11 Å². The third-order valence-electron chi connectivity index (χ3n) is 3.27. The summed E-state index contributed by atoms with van der Waals surface area (Å²) in [6, 6.07) is 9.64. The summed E-state index contributed by atoms with van der Waals surface area (Å²) in [5, 5.41) is 13.0. The Balaban J connectivity index is 2.12. The molecule has 0 bridgehead atoms. The molecule has 1 N–H and O–H groups in total. The average molecular weight is 255 g/mol. The van der Waals surface area contributed by atoms with E-state index in [2.05, 4.69) is 16.2 Å². The summed E-state index contributed by atoms with van der Waals surface area (Å²) in [6.07, 6.45) is 0.920. The number of aliphatic imine (C=N–C) groups is 1. The lowest BCUT2D eigenvalue weighted by Gasteiger charge is -2.16. The molecule has 0 atom stereocenters. The number of aryl methyl sites for hydroxylation is 1. The predicted octanol–water partition coefficient (Wildman–Crippen LogP) is 1.51. The summed E-state index contributed by atoms with van der Waals surface area (Å²) in [4.78, 5) is 15.5. The van der Waals surface area contributed by atoms with Gasteiger partial charge in [0, 0.05) is 25.2 Å². The first-order chi connectivity index (χ1) is 9.16. The highest BCUT2D eigenvalue weighted by Gasteiger charge is 2.20. The number of carboxylic acids is 1. The topological polar surface area (TPSA) is 67.5 Å². The number of hydrogen-bond acceptors (Lipinski definition) is 3. The SMILES string of the molecule is Cn1nc(C(=O)O)cc1C1=NCCc2ccccc21. The Labute approximate surface area is 110 Å². The molecule has 1 aliphatic rings. The van der Waals surface area contributed by atoms with Crippen LogP contribution in [0.1, 0.15) is 27.3 Å². The summed E-state index contributed by atoms with van der Waals surface area (Å²) in [6.45, 7) is 0.722. The molecule has 0 amide bonds. The molecule has 0 unspecified atom stereocenters. The Kier molecular flexibility index (Phi) is 2.67. The van der Waals surface area contributed by atoms with Crippen molar-refractivity contribution in [1.29, 1.82) is 0 Å². The fraction of sp³-hybridized carbons (Fsp3) is 0.214. The van der Waals surface area contributed by atoms with Gasteiger partial charge in [0.2, 0.25) is 0 Å². The number of carbonyl (C=O) groups is 1. The summed E-state index contributed by atoms with van der Waals surface area (Å²) in [5.41, 5.74) is 3.91. The first-order valence-corrected chi connectivity index (χ1v) is 6.07. The molecule has 2 aromatic rings. The van der Waals surface area contributed by atoms with E-state index in [4.69, 9.17) is 5.11 Å². The molecule has 19 heavy (non-hydrogen) atoms. The molecule has 3 rings (SSSR count). The largest absolute Gasteiger partial charge is 0.476 e. The molecule has 96 valence electrons. The maximum atomic E-state index is 11.0. The second kappa shape index (κ2) is 4.35. The Morgan fingerprint density at radius 3 is 2.89 bits per heavy atom. The molecular weight excluding hydrogens is 242 g/mol. The molecule has 2 heterocycles. The van der Waals surface area contributed by atoms with Crippen molar-refractivity contribution in [2.75, 3.05) is 6.54 Å². The van der Waals surface area contributed by atoms with Crippen LogP contribution in [0, 0.1) is 0 Å². The van der Waals surface area contributed by atoms with E-state index in [0.29, 0.717) is 0 Å². The van der Waals surface area contributed by atoms with E-state index in [1.165, 1.54) is 5.56 Å². The van der Waals surface area contributed by atoms with Crippen molar-refractivity contribution >= 4 is 11.7 Å². The van der Waals surface area contributed by atoms with Crippen LogP contribution in [0.2, 0.25) is 0 Å². The fourth-order valence-electron chi connectivity index (χ4n) is 2.36. The van der Waals surface area contributed by atoms with Gasteiger partial charge in [0.05, 0.1) is 11.4 Å². The maximum Gasteiger partial charge on any atom is 0.356 e. The van der Waals surface area contributed by atoms with Gasteiger partial charge in [-0.05, 0) is 12.0 Å². The van der Waals surface area contributed by atoms with E-state index < -0.39 is 5.97 Å². The van der Waals surface area contributed by atoms with Crippen LogP contribution in [0.5, 0.6) is 0 Å². The second-order valence-corrected chi connectivity index (χ2v) is 4.48. The Morgan fingerprint density at radius 1 is 1.37 bits per heavy atom. The minimum atomic E-state index is -1.02. The van der Waals surface area contributed by atoms with E-state index in [0.717, 1.165) is 29.9 Å². The molecular formula is C14H13N3O2. The van der Waals surface area contributed by atoms with Crippen molar-refractivity contribution in [3.63, 3.8) is 0 Å². The third-order valence-corrected chi connectivity index (χ3v) is 3.27. The minimum Gasteiger partial charge on any atom is -0.476 e. The highest BCUT2D eigenvalue weighted by molar-refractivity contribution is 6.13. The van der Waals surface area contributed by atoms with Gasteiger partial charge in [0.25, 0.3) is 0 Å². The number of aromatic carboxylic acids is 1. The normalized spacial score (nSPS) is 13.8. The van der Waals surface area contributed by atoms with Crippen LogP contribution >= 0.6 is 0 Å². The number of carboxylic acid groups (broad SMARTS) is 1. The number of benzene rings is 1. The Bertz CT molecular complexity index is 686. The Morgan fingerprint density at radius 2 is 2.16 bits per heavy atom. The van der Waals surface area contributed by atoms with E-state index >= 15 is 0 Å². The minimum absolute atomic E-state index is 0.0447. The lowest BCUT2D eigenvalue weighted by Crippen LogP contribution is -2.17. The molecule has 0 aliphatic carbocycles. The van der Waals surface area contributed by atoms with Gasteiger partial charge in [0.15, 0.2) is 5.69 Å². The molecule has 0 spiro atoms. The van der Waals surface area contributed by atoms with Gasteiger partial charge in [-0.25, -0.2) is 4.79 Å². The van der Waals surface area contributed by atoms with Crippen molar-refractivity contribution < 1.29 is 9.90 Å². The van der Waals surface area contributed by atoms with Crippen LogP contribution in [0.15, 0.2) is 35.3 Å². The smallest absolute Gasteiger partial charge is 0.356 e. The molecule has 1 aliphatic heterocycles. The zero-order chi connectivity index (χ0) is 13.4. The molecule has 0 fully saturated rings. The van der Waals surface area contributed by atoms with Crippen molar-refractivity contribution in [2.24, 2.45) is 12.0 Å². The van der Waals surface area contributed by atoms with Gasteiger partial charge in [0.1, 0.15) is 0 Å². The van der Waals surface area contributed by atoms with Gasteiger partial charge in [-0.1, -0.05) is 24.3 Å². The van der Waals surface area contributed by atoms with Crippen LogP contribution in [0.3, 0.4) is 0 Å². The lowest BCUT2D eigenvalue weighted by atomic mass is 9.96. The van der Waals surface area contributed by atoms with Crippen LogP contribution in [0.25, 0.3) is 0 Å². The number of nitrogens with zero attached hydrogens (tertiary/aromatic N) is 3. The fourth-order valence-corrected chi connectivity index (χ4v) is 2.36. The zero-order valence-electron chi connectivity index (χ0n) is 10.5. The van der Waals surface area contributed by atoms with E-state index in [1.54, 1.807) is 17.8 Å². The standard InChI is InChI=1S/C14H13N3O2/c1-17-12(8-11(16-17)14(18)19)13-10-5-3-2-4-9(10)6-7-15-13/h2-5,8H,6-7H2,1H3,(H,18,19). The average Bonchev–Trinajstić information content (AvgIpc) is 2.80. The molecule has 5 heteroatoms. The van der Waals surface area contributed by atoms with Crippen LogP contribution in [-0.2, 0) is 13.5 Å². The van der Waals surface area contributed by atoms with Gasteiger partial charge in [-0.3, -0.25) is 9.67 Å². The number of rotatable bonds is 2. The maximum absolute atomic E-state index is 11.0. The number of fused-ring (bicyclic) bond motifs is 1. The third kappa shape index (κ3) is 1.93. The molecule has 0 saturated heterocycles. The van der Waals surface area contributed by atoms with Crippen LogP contribution in [0.4, 0.5) is 0 Å². The number of hydrogen-bond donors (Lipinski definition) is 1. The second-order valence-electron chi connectivity index (χ2n) is 4.48. The van der Waals surface area contributed by atoms with Crippen molar-refractivity contribution in [1.82, 2.24) is 9.78 Å². The van der Waals surface area contributed by atoms with Crippen LogP contribution < -0.4 is 0 Å². The quantitative estimate of drug-likeness (QED) is 0.884. The molecule has 0 saturated carbocycles. The van der Waals surface area contributed by atoms with E-state index in [1.807, 2.05) is 18.2 Å². The highest BCUT2D eigenvalue weighted by atomic mass is 16.4. The van der Waals surface area contributed by atoms with Crippen molar-refractivity contribution in [2.45, 2.75) is 6.42 Å². The highest BCUT2D eigenvalue weighted by Crippen LogP contribution is 2.20. The zero-order valence-corrected chi connectivity index (χ0v) is 10.5. The molecule has 0 radical (unpaired) electrons. The van der Waals surface area contributed by atoms with Crippen molar-refractivity contribution in [3.8, 4) is 0 Å². The monoisotopic (exact) mass is 255 g/mol. The predicted molar refractivity (Wildman–Crippen MR) is 70.8 cm³/mol. The van der Waals surface area contributed by atoms with Crippen LogP contribution in [-0.4, -0.2) is 33.1 Å². The molecule has 1 aromatic carbocycles. The number of aromatic nitrogens is 2. The summed E-state index contributed by atoms with van der Waals surface area (Å²) in [7, 11) is 1.74. The van der Waals surface area contributed by atoms with E-state index in [9.17, 15) is 4.79 Å². The molecule has 1 aromatic heterocycles. The Hall–Kier alpha value is -2.43. The summed E-state index contributed by atoms with van der Waals surface area (Å²) in [5.74, 6) is -1.02. The molecule has 5 nitrogen and oxygen atoms in total. The first kappa shape index (κ1) is 11.6. The van der Waals surface area contributed by atoms with Gasteiger partial charge in [-0.15, -0.1) is 0 Å². The van der Waals surface area contributed by atoms with Crippen molar-refractivity contribution in [3.05, 3.63) is 52.8 Å². The van der Waals surface area contributed by atoms with E-state index in [-0.39, 0.29) is 5.69 Å². The summed E-state index contributed by atoms with van der Waals surface area (Å²) < 4.78 is 1.57. The van der Waals surface area contributed by atoms with Gasteiger partial charge >= 0.3 is 5.97 Å². The summed E-state index contributed by atoms with van der Waals surface area (Å²) >= 11 is 0. The van der Waals surface area contributed by atoms with Gasteiger partial charge in [-0.2, -0.15) is 5.10 Å².